The Balaban J connectivity index is 2.33. The van der Waals surface area contributed by atoms with E-state index in [1.165, 1.54) is 18.2 Å². The molecule has 0 radical (unpaired) electrons. The topological polar surface area (TPSA) is 17.8 Å². The van der Waals surface area contributed by atoms with Crippen LogP contribution in [0.1, 0.15) is 18.1 Å². The van der Waals surface area contributed by atoms with Crippen LogP contribution in [0, 0.1) is 11.6 Å². The highest BCUT2D eigenvalue weighted by atomic mass is 79.9. The second-order valence-electron chi connectivity index (χ2n) is 4.65. The average molecular weight is 372 g/mol. The number of hydrogen-bond acceptors (Lipinski definition) is 1. The summed E-state index contributed by atoms with van der Waals surface area (Å²) in [6, 6.07) is 9.04. The summed E-state index contributed by atoms with van der Waals surface area (Å²) < 4.78 is 29.3. The summed E-state index contributed by atoms with van der Waals surface area (Å²) in [5.41, 5.74) is 1.76. The van der Waals surface area contributed by atoms with Crippen LogP contribution in [0.5, 0.6) is 0 Å². The number of nitrogens with zero attached hydrogens (tertiary/aromatic N) is 2. The Kier molecular flexibility index (Phi) is 3.71. The number of rotatable bonds is 2. The van der Waals surface area contributed by atoms with Gasteiger partial charge in [-0.3, -0.25) is 4.57 Å². The molecule has 1 atom stereocenters. The van der Waals surface area contributed by atoms with E-state index in [0.29, 0.717) is 27.0 Å². The second kappa shape index (κ2) is 5.39. The number of benzene rings is 2. The zero-order chi connectivity index (χ0) is 15.1. The normalized spacial score (nSPS) is 12.8. The number of halogens is 4. The van der Waals surface area contributed by atoms with Crippen molar-refractivity contribution in [2.45, 2.75) is 12.3 Å². The Morgan fingerprint density at radius 1 is 1.19 bits per heavy atom. The quantitative estimate of drug-likeness (QED) is 0.554. The van der Waals surface area contributed by atoms with Crippen molar-refractivity contribution in [1.82, 2.24) is 9.55 Å². The van der Waals surface area contributed by atoms with Crippen LogP contribution >= 0.6 is 27.5 Å². The third-order valence-electron chi connectivity index (χ3n) is 3.16. The van der Waals surface area contributed by atoms with Crippen LogP contribution in [0.4, 0.5) is 8.78 Å². The fraction of sp³-hybridized carbons (Fsp3) is 0.133. The van der Waals surface area contributed by atoms with Crippen molar-refractivity contribution in [2.24, 2.45) is 0 Å². The molecule has 2 nitrogen and oxygen atoms in total. The molecule has 1 heterocycles. The van der Waals surface area contributed by atoms with E-state index in [-0.39, 0.29) is 11.6 Å². The Labute approximate surface area is 133 Å². The highest BCUT2D eigenvalue weighted by Crippen LogP contribution is 2.29. The van der Waals surface area contributed by atoms with Gasteiger partial charge in [-0.25, -0.2) is 13.8 Å². The van der Waals surface area contributed by atoms with Crippen LogP contribution in [0.15, 0.2) is 40.9 Å². The van der Waals surface area contributed by atoms with Crippen LogP contribution in [0.2, 0.25) is 0 Å². The molecular formula is C15H10BrClF2N2. The lowest BCUT2D eigenvalue weighted by Crippen LogP contribution is -2.02. The van der Waals surface area contributed by atoms with Crippen molar-refractivity contribution >= 4 is 38.6 Å². The summed E-state index contributed by atoms with van der Waals surface area (Å²) in [6.45, 7) is 1.77. The van der Waals surface area contributed by atoms with Crippen molar-refractivity contribution in [3.63, 3.8) is 0 Å². The van der Waals surface area contributed by atoms with Gasteiger partial charge in [-0.2, -0.15) is 0 Å². The number of hydrogen-bond donors (Lipinski definition) is 0. The first-order chi connectivity index (χ1) is 9.97. The fourth-order valence-electron chi connectivity index (χ4n) is 2.23. The lowest BCUT2D eigenvalue weighted by atomic mass is 10.2. The summed E-state index contributed by atoms with van der Waals surface area (Å²) in [5, 5.41) is -0.396. The molecule has 0 saturated carbocycles. The molecule has 2 aromatic carbocycles. The van der Waals surface area contributed by atoms with E-state index >= 15 is 0 Å². The molecule has 3 rings (SSSR count). The first-order valence-corrected chi connectivity index (χ1v) is 7.47. The molecule has 1 unspecified atom stereocenters. The van der Waals surface area contributed by atoms with Gasteiger partial charge in [0.15, 0.2) is 0 Å². The smallest absolute Gasteiger partial charge is 0.139 e. The molecular weight excluding hydrogens is 362 g/mol. The van der Waals surface area contributed by atoms with Crippen LogP contribution in [-0.4, -0.2) is 9.55 Å². The first-order valence-electron chi connectivity index (χ1n) is 6.25. The zero-order valence-corrected chi connectivity index (χ0v) is 13.3. The van der Waals surface area contributed by atoms with E-state index in [4.69, 9.17) is 11.6 Å². The minimum atomic E-state index is -0.396. The maximum atomic E-state index is 13.8. The van der Waals surface area contributed by atoms with Gasteiger partial charge in [0, 0.05) is 6.07 Å². The number of imidazole rings is 1. The molecule has 0 fully saturated rings. The van der Waals surface area contributed by atoms with Crippen molar-refractivity contribution < 1.29 is 8.78 Å². The standard InChI is InChI=1S/C15H10BrClF2N2/c1-8(17)15-20-13-6-9(18)2-5-14(13)21(15)10-3-4-11(16)12(19)7-10/h2-8H,1H3. The molecule has 3 aromatic rings. The predicted octanol–water partition coefficient (Wildman–Crippen LogP) is 5.37. The largest absolute Gasteiger partial charge is 0.295 e. The molecule has 21 heavy (non-hydrogen) atoms. The maximum absolute atomic E-state index is 13.8. The van der Waals surface area contributed by atoms with Crippen molar-refractivity contribution in [3.05, 3.63) is 58.3 Å². The SMILES string of the molecule is CC(Cl)c1nc2cc(F)ccc2n1-c1ccc(Br)c(F)c1. The Hall–Kier alpha value is -1.46. The van der Waals surface area contributed by atoms with Gasteiger partial charge in [0.2, 0.25) is 0 Å². The van der Waals surface area contributed by atoms with E-state index in [9.17, 15) is 8.78 Å². The molecule has 0 amide bonds. The highest BCUT2D eigenvalue weighted by Gasteiger charge is 2.17. The molecule has 0 N–H and O–H groups in total. The van der Waals surface area contributed by atoms with E-state index in [2.05, 4.69) is 20.9 Å². The lowest BCUT2D eigenvalue weighted by Gasteiger charge is -2.11. The molecule has 1 aromatic heterocycles. The van der Waals surface area contributed by atoms with Gasteiger partial charge in [-0.1, -0.05) is 0 Å². The Bertz CT molecular complexity index is 830. The summed E-state index contributed by atoms with van der Waals surface area (Å²) in [5.74, 6) is -0.216. The monoisotopic (exact) mass is 370 g/mol. The van der Waals surface area contributed by atoms with Crippen LogP contribution < -0.4 is 0 Å². The van der Waals surface area contributed by atoms with E-state index in [1.54, 1.807) is 29.7 Å². The molecule has 0 saturated heterocycles. The van der Waals surface area contributed by atoms with Crippen LogP contribution in [0.25, 0.3) is 16.7 Å². The molecule has 0 bridgehead atoms. The lowest BCUT2D eigenvalue weighted by molar-refractivity contribution is 0.619. The highest BCUT2D eigenvalue weighted by molar-refractivity contribution is 9.10. The first kappa shape index (κ1) is 14.5. The van der Waals surface area contributed by atoms with Crippen molar-refractivity contribution in [1.29, 1.82) is 0 Å². The number of fused-ring (bicyclic) bond motifs is 1. The Morgan fingerprint density at radius 2 is 1.95 bits per heavy atom. The molecule has 0 aliphatic carbocycles. The van der Waals surface area contributed by atoms with Gasteiger partial charge in [-0.15, -0.1) is 11.6 Å². The summed E-state index contributed by atoms with van der Waals surface area (Å²) >= 11 is 9.28. The van der Waals surface area contributed by atoms with Gasteiger partial charge in [-0.05, 0) is 53.2 Å². The molecule has 0 spiro atoms. The summed E-state index contributed by atoms with van der Waals surface area (Å²) in [7, 11) is 0. The van der Waals surface area contributed by atoms with Crippen molar-refractivity contribution in [3.8, 4) is 5.69 Å². The van der Waals surface area contributed by atoms with Gasteiger partial charge < -0.3 is 0 Å². The minimum absolute atomic E-state index is 0.372. The molecule has 6 heteroatoms. The zero-order valence-electron chi connectivity index (χ0n) is 10.9. The molecule has 108 valence electrons. The van der Waals surface area contributed by atoms with Gasteiger partial charge in [0.05, 0.1) is 26.6 Å². The van der Waals surface area contributed by atoms with E-state index in [1.807, 2.05) is 0 Å². The number of alkyl halides is 1. The molecule has 0 aliphatic heterocycles. The number of aromatic nitrogens is 2. The van der Waals surface area contributed by atoms with Crippen LogP contribution in [-0.2, 0) is 0 Å². The van der Waals surface area contributed by atoms with Gasteiger partial charge in [0.25, 0.3) is 0 Å². The van der Waals surface area contributed by atoms with E-state index in [0.717, 1.165) is 0 Å². The second-order valence-corrected chi connectivity index (χ2v) is 6.16. The maximum Gasteiger partial charge on any atom is 0.139 e. The third-order valence-corrected chi connectivity index (χ3v) is 4.00. The predicted molar refractivity (Wildman–Crippen MR) is 83.0 cm³/mol. The minimum Gasteiger partial charge on any atom is -0.295 e. The van der Waals surface area contributed by atoms with E-state index < -0.39 is 5.38 Å². The van der Waals surface area contributed by atoms with Crippen LogP contribution in [0.3, 0.4) is 0 Å². The van der Waals surface area contributed by atoms with Crippen molar-refractivity contribution in [2.75, 3.05) is 0 Å². The third kappa shape index (κ3) is 2.56. The van der Waals surface area contributed by atoms with Gasteiger partial charge >= 0.3 is 0 Å². The van der Waals surface area contributed by atoms with Gasteiger partial charge in [0.1, 0.15) is 17.5 Å². The Morgan fingerprint density at radius 3 is 2.62 bits per heavy atom. The fourth-order valence-corrected chi connectivity index (χ4v) is 2.63. The summed E-state index contributed by atoms with van der Waals surface area (Å²) in [4.78, 5) is 4.36. The average Bonchev–Trinajstić information content (AvgIpc) is 2.80. The summed E-state index contributed by atoms with van der Waals surface area (Å²) in [6.07, 6.45) is 0. The molecule has 0 aliphatic rings.